The maximum Gasteiger partial charge on any atom is 0.132 e. The maximum atomic E-state index is 4.56. The Bertz CT molecular complexity index is 561. The number of hydrogen-bond acceptors (Lipinski definition) is 3. The van der Waals surface area contributed by atoms with Crippen LogP contribution in [0.2, 0.25) is 0 Å². The summed E-state index contributed by atoms with van der Waals surface area (Å²) in [6.45, 7) is 5.25. The van der Waals surface area contributed by atoms with Gasteiger partial charge in [0.05, 0.1) is 0 Å². The van der Waals surface area contributed by atoms with E-state index < -0.39 is 0 Å². The van der Waals surface area contributed by atoms with Gasteiger partial charge in [-0.05, 0) is 38.1 Å². The van der Waals surface area contributed by atoms with E-state index in [1.54, 1.807) is 0 Å². The summed E-state index contributed by atoms with van der Waals surface area (Å²) in [5.41, 5.74) is 2.43. The predicted molar refractivity (Wildman–Crippen MR) is 74.8 cm³/mol. The molecule has 1 aliphatic rings. The Kier molecular flexibility index (Phi) is 3.34. The Morgan fingerprint density at radius 2 is 2.26 bits per heavy atom. The van der Waals surface area contributed by atoms with Crippen LogP contribution in [-0.4, -0.2) is 32.5 Å². The SMILES string of the molecule is Cc1ccnc([C@H]2CCN(Cc3cccn3C)C2)n1. The third kappa shape index (κ3) is 2.68. The molecule has 1 atom stereocenters. The molecule has 100 valence electrons. The maximum absolute atomic E-state index is 4.56. The number of aromatic nitrogens is 3. The first kappa shape index (κ1) is 12.4. The third-order valence-corrected chi connectivity index (χ3v) is 3.89. The molecule has 0 spiro atoms. The first-order chi connectivity index (χ1) is 9.22. The van der Waals surface area contributed by atoms with E-state index in [0.717, 1.165) is 37.6 Å². The second-order valence-electron chi connectivity index (χ2n) is 5.39. The molecule has 3 rings (SSSR count). The molecule has 4 heteroatoms. The highest BCUT2D eigenvalue weighted by Crippen LogP contribution is 2.25. The van der Waals surface area contributed by atoms with Crippen LogP contribution in [0.1, 0.15) is 29.6 Å². The molecule has 1 aliphatic heterocycles. The van der Waals surface area contributed by atoms with Gasteiger partial charge in [-0.15, -0.1) is 0 Å². The van der Waals surface area contributed by atoms with E-state index >= 15 is 0 Å². The van der Waals surface area contributed by atoms with Gasteiger partial charge in [-0.2, -0.15) is 0 Å². The normalized spacial score (nSPS) is 20.0. The van der Waals surface area contributed by atoms with Crippen molar-refractivity contribution in [1.29, 1.82) is 0 Å². The smallest absolute Gasteiger partial charge is 0.132 e. The molecule has 0 amide bonds. The highest BCUT2D eigenvalue weighted by molar-refractivity contribution is 5.09. The van der Waals surface area contributed by atoms with Gasteiger partial charge in [-0.3, -0.25) is 4.90 Å². The second kappa shape index (κ2) is 5.13. The van der Waals surface area contributed by atoms with Crippen LogP contribution in [0.5, 0.6) is 0 Å². The summed E-state index contributed by atoms with van der Waals surface area (Å²) in [6.07, 6.45) is 5.14. The summed E-state index contributed by atoms with van der Waals surface area (Å²) in [6, 6.07) is 6.25. The molecule has 0 aromatic carbocycles. The number of rotatable bonds is 3. The van der Waals surface area contributed by atoms with Crippen molar-refractivity contribution in [3.8, 4) is 0 Å². The lowest BCUT2D eigenvalue weighted by molar-refractivity contribution is 0.318. The van der Waals surface area contributed by atoms with E-state index in [1.807, 2.05) is 19.2 Å². The summed E-state index contributed by atoms with van der Waals surface area (Å²) < 4.78 is 2.19. The summed E-state index contributed by atoms with van der Waals surface area (Å²) >= 11 is 0. The number of nitrogens with zero attached hydrogens (tertiary/aromatic N) is 4. The highest BCUT2D eigenvalue weighted by Gasteiger charge is 2.26. The fourth-order valence-corrected chi connectivity index (χ4v) is 2.74. The lowest BCUT2D eigenvalue weighted by Crippen LogP contribution is -2.21. The Labute approximate surface area is 114 Å². The molecule has 1 saturated heterocycles. The molecule has 0 aliphatic carbocycles. The van der Waals surface area contributed by atoms with Crippen molar-refractivity contribution < 1.29 is 0 Å². The molecule has 0 unspecified atom stereocenters. The van der Waals surface area contributed by atoms with Gasteiger partial charge in [-0.25, -0.2) is 9.97 Å². The molecule has 2 aromatic rings. The lowest BCUT2D eigenvalue weighted by atomic mass is 10.1. The molecular formula is C15H20N4. The van der Waals surface area contributed by atoms with Gasteiger partial charge in [0.2, 0.25) is 0 Å². The van der Waals surface area contributed by atoms with E-state index in [9.17, 15) is 0 Å². The predicted octanol–water partition coefficient (Wildman–Crippen LogP) is 2.11. The van der Waals surface area contributed by atoms with Gasteiger partial charge in [-0.1, -0.05) is 0 Å². The zero-order chi connectivity index (χ0) is 13.2. The Balaban J connectivity index is 1.66. The van der Waals surface area contributed by atoms with Crippen LogP contribution in [0.15, 0.2) is 30.6 Å². The van der Waals surface area contributed by atoms with E-state index in [4.69, 9.17) is 0 Å². The van der Waals surface area contributed by atoms with E-state index in [0.29, 0.717) is 5.92 Å². The van der Waals surface area contributed by atoms with Gasteiger partial charge < -0.3 is 4.57 Å². The summed E-state index contributed by atoms with van der Waals surface area (Å²) in [5, 5.41) is 0. The van der Waals surface area contributed by atoms with E-state index in [1.165, 1.54) is 5.69 Å². The first-order valence-electron chi connectivity index (χ1n) is 6.84. The van der Waals surface area contributed by atoms with Gasteiger partial charge >= 0.3 is 0 Å². The molecule has 4 nitrogen and oxygen atoms in total. The van der Waals surface area contributed by atoms with Gasteiger partial charge in [0, 0.05) is 49.8 Å². The van der Waals surface area contributed by atoms with E-state index in [2.05, 4.69) is 44.8 Å². The molecule has 2 aromatic heterocycles. The quantitative estimate of drug-likeness (QED) is 0.843. The van der Waals surface area contributed by atoms with Crippen LogP contribution in [0.4, 0.5) is 0 Å². The van der Waals surface area contributed by atoms with Crippen molar-refractivity contribution in [3.63, 3.8) is 0 Å². The monoisotopic (exact) mass is 256 g/mol. The van der Waals surface area contributed by atoms with Crippen LogP contribution in [0.3, 0.4) is 0 Å². The minimum atomic E-state index is 0.486. The molecule has 19 heavy (non-hydrogen) atoms. The summed E-state index contributed by atoms with van der Waals surface area (Å²) in [4.78, 5) is 11.5. The Morgan fingerprint density at radius 3 is 3.00 bits per heavy atom. The van der Waals surface area contributed by atoms with E-state index in [-0.39, 0.29) is 0 Å². The van der Waals surface area contributed by atoms with Crippen molar-refractivity contribution in [1.82, 2.24) is 19.4 Å². The van der Waals surface area contributed by atoms with Crippen LogP contribution in [0, 0.1) is 6.92 Å². The van der Waals surface area contributed by atoms with Gasteiger partial charge in [0.15, 0.2) is 0 Å². The summed E-state index contributed by atoms with van der Waals surface area (Å²) in [7, 11) is 2.10. The average Bonchev–Trinajstić information content (AvgIpc) is 3.00. The number of hydrogen-bond donors (Lipinski definition) is 0. The second-order valence-corrected chi connectivity index (χ2v) is 5.39. The van der Waals surface area contributed by atoms with Crippen LogP contribution in [-0.2, 0) is 13.6 Å². The van der Waals surface area contributed by atoms with Gasteiger partial charge in [0.25, 0.3) is 0 Å². The molecular weight excluding hydrogens is 236 g/mol. The Hall–Kier alpha value is -1.68. The van der Waals surface area contributed by atoms with Crippen molar-refractivity contribution >= 4 is 0 Å². The first-order valence-corrected chi connectivity index (χ1v) is 6.84. The lowest BCUT2D eigenvalue weighted by Gasteiger charge is -2.16. The summed E-state index contributed by atoms with van der Waals surface area (Å²) in [5.74, 6) is 1.49. The van der Waals surface area contributed by atoms with Crippen LogP contribution in [0.25, 0.3) is 0 Å². The van der Waals surface area contributed by atoms with Crippen LogP contribution >= 0.6 is 0 Å². The minimum absolute atomic E-state index is 0.486. The third-order valence-electron chi connectivity index (χ3n) is 3.89. The molecule has 0 saturated carbocycles. The zero-order valence-electron chi connectivity index (χ0n) is 11.6. The molecule has 3 heterocycles. The standard InChI is InChI=1S/C15H20N4/c1-12-5-7-16-15(17-12)13-6-9-19(10-13)11-14-4-3-8-18(14)2/h3-5,7-8,13H,6,9-11H2,1-2H3/t13-/m0/s1. The Morgan fingerprint density at radius 1 is 1.37 bits per heavy atom. The largest absolute Gasteiger partial charge is 0.353 e. The molecule has 0 bridgehead atoms. The van der Waals surface area contributed by atoms with Gasteiger partial charge in [0.1, 0.15) is 5.82 Å². The number of likely N-dealkylation sites (tertiary alicyclic amines) is 1. The highest BCUT2D eigenvalue weighted by atomic mass is 15.2. The van der Waals surface area contributed by atoms with Crippen molar-refractivity contribution in [2.75, 3.05) is 13.1 Å². The van der Waals surface area contributed by atoms with Crippen molar-refractivity contribution in [3.05, 3.63) is 47.8 Å². The molecule has 0 radical (unpaired) electrons. The zero-order valence-corrected chi connectivity index (χ0v) is 11.6. The fourth-order valence-electron chi connectivity index (χ4n) is 2.74. The molecule has 0 N–H and O–H groups in total. The van der Waals surface area contributed by atoms with Crippen molar-refractivity contribution in [2.24, 2.45) is 7.05 Å². The fraction of sp³-hybridized carbons (Fsp3) is 0.467. The topological polar surface area (TPSA) is 34.0 Å². The van der Waals surface area contributed by atoms with Crippen molar-refractivity contribution in [2.45, 2.75) is 25.8 Å². The minimum Gasteiger partial charge on any atom is -0.353 e. The average molecular weight is 256 g/mol. The molecule has 1 fully saturated rings. The van der Waals surface area contributed by atoms with Crippen LogP contribution < -0.4 is 0 Å². The number of aryl methyl sites for hydroxylation is 2.